The van der Waals surface area contributed by atoms with Crippen LogP contribution in [0.3, 0.4) is 0 Å². The van der Waals surface area contributed by atoms with Gasteiger partial charge in [0.05, 0.1) is 0 Å². The third kappa shape index (κ3) is 2.64. The molecule has 0 spiro atoms. The van der Waals surface area contributed by atoms with Crippen LogP contribution in [0, 0.1) is 13.8 Å². The van der Waals surface area contributed by atoms with Gasteiger partial charge >= 0.3 is 0 Å². The Hall–Kier alpha value is -1.84. The van der Waals surface area contributed by atoms with E-state index in [1.54, 1.807) is 0 Å². The number of aryl methyl sites for hydroxylation is 5. The lowest BCUT2D eigenvalue weighted by Crippen LogP contribution is -2.02. The third-order valence-electron chi connectivity index (χ3n) is 2.94. The first-order chi connectivity index (χ1) is 8.06. The van der Waals surface area contributed by atoms with Gasteiger partial charge in [-0.25, -0.2) is 4.98 Å². The summed E-state index contributed by atoms with van der Waals surface area (Å²) in [6, 6.07) is 6.22. The molecule has 2 aromatic rings. The van der Waals surface area contributed by atoms with Crippen molar-refractivity contribution in [3.05, 3.63) is 41.0 Å². The van der Waals surface area contributed by atoms with Gasteiger partial charge in [-0.3, -0.25) is 4.68 Å². The van der Waals surface area contributed by atoms with Crippen molar-refractivity contribution in [2.75, 3.05) is 5.73 Å². The summed E-state index contributed by atoms with van der Waals surface area (Å²) in [7, 11) is 1.93. The van der Waals surface area contributed by atoms with Crippen molar-refractivity contribution in [2.24, 2.45) is 7.05 Å². The number of benzene rings is 1. The van der Waals surface area contributed by atoms with E-state index in [1.807, 2.05) is 31.6 Å². The molecule has 0 amide bonds. The second-order valence-corrected chi connectivity index (χ2v) is 4.39. The van der Waals surface area contributed by atoms with Crippen molar-refractivity contribution < 1.29 is 0 Å². The van der Waals surface area contributed by atoms with E-state index in [1.165, 1.54) is 5.56 Å². The Bertz CT molecular complexity index is 528. The van der Waals surface area contributed by atoms with Gasteiger partial charge in [-0.1, -0.05) is 12.1 Å². The maximum atomic E-state index is 5.89. The van der Waals surface area contributed by atoms with Crippen LogP contribution < -0.4 is 5.73 Å². The van der Waals surface area contributed by atoms with Crippen LogP contribution in [0.2, 0.25) is 0 Å². The molecule has 0 fully saturated rings. The fourth-order valence-electron chi connectivity index (χ4n) is 1.88. The predicted octanol–water partition coefficient (Wildman–Crippen LogP) is 1.80. The molecule has 0 aliphatic rings. The first kappa shape index (κ1) is 11.6. The zero-order chi connectivity index (χ0) is 12.4. The molecule has 1 aromatic carbocycles. The Morgan fingerprint density at radius 1 is 1.24 bits per heavy atom. The van der Waals surface area contributed by atoms with Crippen LogP contribution in [0.4, 0.5) is 5.69 Å². The van der Waals surface area contributed by atoms with Crippen molar-refractivity contribution >= 4 is 5.69 Å². The number of hydrogen-bond acceptors (Lipinski definition) is 3. The van der Waals surface area contributed by atoms with E-state index >= 15 is 0 Å². The lowest BCUT2D eigenvalue weighted by atomic mass is 10.1. The number of nitrogens with zero attached hydrogens (tertiary/aromatic N) is 3. The molecule has 0 radical (unpaired) electrons. The Morgan fingerprint density at radius 3 is 2.59 bits per heavy atom. The highest BCUT2D eigenvalue weighted by Gasteiger charge is 2.04. The molecule has 0 atom stereocenters. The zero-order valence-electron chi connectivity index (χ0n) is 10.6. The highest BCUT2D eigenvalue weighted by atomic mass is 15.3. The SMILES string of the molecule is Cc1nc(CCc2ccc(C)c(N)c2)n(C)n1. The monoisotopic (exact) mass is 230 g/mol. The Labute approximate surface area is 101 Å². The summed E-state index contributed by atoms with van der Waals surface area (Å²) >= 11 is 0. The van der Waals surface area contributed by atoms with Crippen molar-refractivity contribution in [1.29, 1.82) is 0 Å². The predicted molar refractivity (Wildman–Crippen MR) is 68.7 cm³/mol. The lowest BCUT2D eigenvalue weighted by Gasteiger charge is -2.04. The van der Waals surface area contributed by atoms with Gasteiger partial charge < -0.3 is 5.73 Å². The van der Waals surface area contributed by atoms with Gasteiger partial charge in [0.15, 0.2) is 0 Å². The number of aromatic nitrogens is 3. The van der Waals surface area contributed by atoms with Crippen LogP contribution in [0.15, 0.2) is 18.2 Å². The molecule has 4 heteroatoms. The largest absolute Gasteiger partial charge is 0.399 e. The minimum absolute atomic E-state index is 0.825. The molecule has 2 rings (SSSR count). The Kier molecular flexibility index (Phi) is 3.13. The van der Waals surface area contributed by atoms with Crippen molar-refractivity contribution in [3.63, 3.8) is 0 Å². The summed E-state index contributed by atoms with van der Waals surface area (Å²) < 4.78 is 1.84. The summed E-state index contributed by atoms with van der Waals surface area (Å²) in [6.45, 7) is 3.93. The number of anilines is 1. The number of nitrogens with two attached hydrogens (primary N) is 1. The Balaban J connectivity index is 2.07. The molecule has 0 saturated heterocycles. The molecule has 1 aromatic heterocycles. The van der Waals surface area contributed by atoms with Gasteiger partial charge in [-0.15, -0.1) is 0 Å². The molecule has 0 unspecified atom stereocenters. The van der Waals surface area contributed by atoms with Crippen LogP contribution in [-0.2, 0) is 19.9 Å². The average molecular weight is 230 g/mol. The topological polar surface area (TPSA) is 56.7 Å². The van der Waals surface area contributed by atoms with Gasteiger partial charge in [-0.2, -0.15) is 5.10 Å². The van der Waals surface area contributed by atoms with E-state index in [0.717, 1.165) is 35.7 Å². The maximum Gasteiger partial charge on any atom is 0.147 e. The third-order valence-corrected chi connectivity index (χ3v) is 2.94. The Morgan fingerprint density at radius 2 is 2.00 bits per heavy atom. The molecule has 90 valence electrons. The van der Waals surface area contributed by atoms with E-state index in [-0.39, 0.29) is 0 Å². The second kappa shape index (κ2) is 4.57. The number of hydrogen-bond donors (Lipinski definition) is 1. The molecule has 0 aliphatic heterocycles. The van der Waals surface area contributed by atoms with E-state index in [4.69, 9.17) is 5.73 Å². The first-order valence-electron chi connectivity index (χ1n) is 5.78. The van der Waals surface area contributed by atoms with E-state index in [9.17, 15) is 0 Å². The van der Waals surface area contributed by atoms with Crippen LogP contribution in [0.25, 0.3) is 0 Å². The second-order valence-electron chi connectivity index (χ2n) is 4.39. The molecular weight excluding hydrogens is 212 g/mol. The molecular formula is C13H18N4. The molecule has 0 saturated carbocycles. The number of rotatable bonds is 3. The van der Waals surface area contributed by atoms with Crippen LogP contribution in [0.5, 0.6) is 0 Å². The van der Waals surface area contributed by atoms with Gasteiger partial charge in [0.1, 0.15) is 11.6 Å². The van der Waals surface area contributed by atoms with Crippen LogP contribution in [0.1, 0.15) is 22.8 Å². The van der Waals surface area contributed by atoms with Crippen molar-refractivity contribution in [3.8, 4) is 0 Å². The minimum atomic E-state index is 0.825. The van der Waals surface area contributed by atoms with Gasteiger partial charge in [-0.05, 0) is 37.5 Å². The number of nitrogen functional groups attached to an aromatic ring is 1. The summed E-state index contributed by atoms with van der Waals surface area (Å²) in [6.07, 6.45) is 1.83. The van der Waals surface area contributed by atoms with Gasteiger partial charge in [0.2, 0.25) is 0 Å². The molecule has 4 nitrogen and oxygen atoms in total. The minimum Gasteiger partial charge on any atom is -0.399 e. The highest BCUT2D eigenvalue weighted by Crippen LogP contribution is 2.14. The highest BCUT2D eigenvalue weighted by molar-refractivity contribution is 5.48. The van der Waals surface area contributed by atoms with E-state index < -0.39 is 0 Å². The normalized spacial score (nSPS) is 10.8. The summed E-state index contributed by atoms with van der Waals surface area (Å²) in [4.78, 5) is 4.39. The van der Waals surface area contributed by atoms with Crippen LogP contribution in [-0.4, -0.2) is 14.8 Å². The molecule has 0 aliphatic carbocycles. The fourth-order valence-corrected chi connectivity index (χ4v) is 1.88. The fraction of sp³-hybridized carbons (Fsp3) is 0.385. The lowest BCUT2D eigenvalue weighted by molar-refractivity contribution is 0.690. The van der Waals surface area contributed by atoms with Crippen molar-refractivity contribution in [1.82, 2.24) is 14.8 Å². The summed E-state index contributed by atoms with van der Waals surface area (Å²) in [5, 5.41) is 4.24. The van der Waals surface area contributed by atoms with E-state index in [2.05, 4.69) is 22.2 Å². The maximum absolute atomic E-state index is 5.89. The summed E-state index contributed by atoms with van der Waals surface area (Å²) in [5.74, 6) is 1.84. The molecule has 17 heavy (non-hydrogen) atoms. The molecule has 0 bridgehead atoms. The van der Waals surface area contributed by atoms with Crippen molar-refractivity contribution in [2.45, 2.75) is 26.7 Å². The van der Waals surface area contributed by atoms with Gasteiger partial charge in [0.25, 0.3) is 0 Å². The quantitative estimate of drug-likeness (QED) is 0.818. The van der Waals surface area contributed by atoms with E-state index in [0.29, 0.717) is 0 Å². The molecule has 1 heterocycles. The molecule has 2 N–H and O–H groups in total. The van der Waals surface area contributed by atoms with Gasteiger partial charge in [0, 0.05) is 19.2 Å². The first-order valence-corrected chi connectivity index (χ1v) is 5.78. The average Bonchev–Trinajstić information content (AvgIpc) is 2.59. The smallest absolute Gasteiger partial charge is 0.147 e. The summed E-state index contributed by atoms with van der Waals surface area (Å²) in [5.41, 5.74) is 9.12. The van der Waals surface area contributed by atoms with Crippen LogP contribution >= 0.6 is 0 Å². The zero-order valence-corrected chi connectivity index (χ0v) is 10.6. The standard InChI is InChI=1S/C13H18N4/c1-9-4-5-11(8-12(9)14)6-7-13-15-10(2)16-17(13)3/h4-5,8H,6-7,14H2,1-3H3.